The van der Waals surface area contributed by atoms with Crippen molar-refractivity contribution in [3.05, 3.63) is 70.5 Å². The molecule has 0 saturated heterocycles. The molecule has 8 heteroatoms. The maximum Gasteiger partial charge on any atom is 0.326 e. The summed E-state index contributed by atoms with van der Waals surface area (Å²) in [5, 5.41) is 14.9. The van der Waals surface area contributed by atoms with Crippen LogP contribution in [0.1, 0.15) is 18.1 Å². The lowest BCUT2D eigenvalue weighted by Gasteiger charge is -2.21. The smallest absolute Gasteiger partial charge is 0.326 e. The number of halogens is 2. The average Bonchev–Trinajstić information content (AvgIpc) is 2.63. The lowest BCUT2D eigenvalue weighted by atomic mass is 10.0. The van der Waals surface area contributed by atoms with Crippen LogP contribution in [0.25, 0.3) is 0 Å². The predicted octanol–water partition coefficient (Wildman–Crippen LogP) is 2.34. The normalized spacial score (nSPS) is 12.7. The molecule has 0 aromatic heterocycles. The lowest BCUT2D eigenvalue weighted by molar-refractivity contribution is -0.142. The topological polar surface area (TPSA) is 95.5 Å². The number of amides is 2. The Morgan fingerprint density at radius 3 is 1.93 bits per heavy atom. The zero-order valence-electron chi connectivity index (χ0n) is 15.1. The van der Waals surface area contributed by atoms with Gasteiger partial charge in [0.1, 0.15) is 17.9 Å². The van der Waals surface area contributed by atoms with Crippen LogP contribution in [0, 0.1) is 5.82 Å². The molecule has 0 aliphatic heterocycles. The van der Waals surface area contributed by atoms with Crippen LogP contribution >= 0.6 is 11.6 Å². The molecule has 148 valence electrons. The second-order valence-corrected chi connectivity index (χ2v) is 6.75. The van der Waals surface area contributed by atoms with E-state index in [9.17, 15) is 23.9 Å². The highest BCUT2D eigenvalue weighted by Gasteiger charge is 2.26. The summed E-state index contributed by atoms with van der Waals surface area (Å²) in [5.41, 5.74) is 1.31. The van der Waals surface area contributed by atoms with Crippen LogP contribution in [-0.4, -0.2) is 35.0 Å². The molecule has 0 saturated carbocycles. The number of hydrogen-bond acceptors (Lipinski definition) is 3. The molecule has 0 bridgehead atoms. The molecule has 6 nitrogen and oxygen atoms in total. The minimum Gasteiger partial charge on any atom is -0.480 e. The monoisotopic (exact) mass is 406 g/mol. The second-order valence-electron chi connectivity index (χ2n) is 6.31. The van der Waals surface area contributed by atoms with Crippen molar-refractivity contribution >= 4 is 29.4 Å². The molecular formula is C20H20ClFN2O4. The molecule has 2 atom stereocenters. The van der Waals surface area contributed by atoms with Crippen LogP contribution < -0.4 is 10.6 Å². The summed E-state index contributed by atoms with van der Waals surface area (Å²) < 4.78 is 13.1. The van der Waals surface area contributed by atoms with Gasteiger partial charge in [-0.15, -0.1) is 0 Å². The quantitative estimate of drug-likeness (QED) is 0.627. The first-order valence-electron chi connectivity index (χ1n) is 8.53. The summed E-state index contributed by atoms with van der Waals surface area (Å²) in [5.74, 6) is -2.70. The largest absolute Gasteiger partial charge is 0.480 e. The molecule has 0 spiro atoms. The van der Waals surface area contributed by atoms with Gasteiger partial charge in [-0.05, 0) is 35.4 Å². The Labute approximate surface area is 166 Å². The standard InChI is InChI=1S/C20H20ClFN2O4/c1-12(25)23-17(10-14-4-8-16(22)9-5-14)19(26)24-18(20(27)28)11-13-2-6-15(21)7-3-13/h2-9,17-18H,10-11H2,1H3,(H,23,25)(H,24,26)(H,27,28)/t17-,18+/m1/s1. The Kier molecular flexibility index (Phi) is 7.52. The molecule has 2 aromatic rings. The van der Waals surface area contributed by atoms with Crippen molar-refractivity contribution in [2.24, 2.45) is 0 Å². The third-order valence-electron chi connectivity index (χ3n) is 4.01. The van der Waals surface area contributed by atoms with Gasteiger partial charge in [0.15, 0.2) is 0 Å². The molecule has 2 rings (SSSR count). The van der Waals surface area contributed by atoms with Crippen LogP contribution in [0.15, 0.2) is 48.5 Å². The zero-order valence-corrected chi connectivity index (χ0v) is 15.9. The Bertz CT molecular complexity index is 840. The van der Waals surface area contributed by atoms with Crippen LogP contribution in [0.5, 0.6) is 0 Å². The zero-order chi connectivity index (χ0) is 20.7. The van der Waals surface area contributed by atoms with Crippen molar-refractivity contribution in [1.29, 1.82) is 0 Å². The molecular weight excluding hydrogens is 387 g/mol. The van der Waals surface area contributed by atoms with Crippen LogP contribution in [0.3, 0.4) is 0 Å². The van der Waals surface area contributed by atoms with Crippen molar-refractivity contribution in [2.75, 3.05) is 0 Å². The summed E-state index contributed by atoms with van der Waals surface area (Å²) in [6.45, 7) is 1.26. The fraction of sp³-hybridized carbons (Fsp3) is 0.250. The number of benzene rings is 2. The van der Waals surface area contributed by atoms with Crippen LogP contribution in [0.4, 0.5) is 4.39 Å². The Morgan fingerprint density at radius 2 is 1.43 bits per heavy atom. The molecule has 28 heavy (non-hydrogen) atoms. The van der Waals surface area contributed by atoms with Gasteiger partial charge in [-0.3, -0.25) is 9.59 Å². The number of hydrogen-bond donors (Lipinski definition) is 3. The van der Waals surface area contributed by atoms with Gasteiger partial charge in [0.05, 0.1) is 0 Å². The number of rotatable bonds is 8. The van der Waals surface area contributed by atoms with Crippen molar-refractivity contribution in [2.45, 2.75) is 31.8 Å². The first-order valence-corrected chi connectivity index (χ1v) is 8.91. The van der Waals surface area contributed by atoms with E-state index in [1.165, 1.54) is 31.2 Å². The average molecular weight is 407 g/mol. The van der Waals surface area contributed by atoms with Crippen molar-refractivity contribution < 1.29 is 23.9 Å². The highest BCUT2D eigenvalue weighted by Crippen LogP contribution is 2.12. The summed E-state index contributed by atoms with van der Waals surface area (Å²) >= 11 is 5.82. The third-order valence-corrected chi connectivity index (χ3v) is 4.27. The van der Waals surface area contributed by atoms with Crippen LogP contribution in [-0.2, 0) is 27.2 Å². The van der Waals surface area contributed by atoms with Gasteiger partial charge in [-0.1, -0.05) is 35.9 Å². The first kappa shape index (κ1) is 21.4. The molecule has 0 unspecified atom stereocenters. The van der Waals surface area contributed by atoms with Gasteiger partial charge in [-0.2, -0.15) is 0 Å². The van der Waals surface area contributed by atoms with Crippen LogP contribution in [0.2, 0.25) is 5.02 Å². The fourth-order valence-electron chi connectivity index (χ4n) is 2.64. The van der Waals surface area contributed by atoms with Gasteiger partial charge in [-0.25, -0.2) is 9.18 Å². The Morgan fingerprint density at radius 1 is 0.929 bits per heavy atom. The SMILES string of the molecule is CC(=O)N[C@H](Cc1ccc(F)cc1)C(=O)N[C@@H](Cc1ccc(Cl)cc1)C(=O)O. The number of carbonyl (C=O) groups excluding carboxylic acids is 2. The van der Waals surface area contributed by atoms with E-state index in [1.54, 1.807) is 24.3 Å². The molecule has 0 radical (unpaired) electrons. The summed E-state index contributed by atoms with van der Waals surface area (Å²) in [6.07, 6.45) is 0.153. The molecule has 0 heterocycles. The molecule has 0 aliphatic carbocycles. The van der Waals surface area contributed by atoms with Crippen molar-refractivity contribution in [3.8, 4) is 0 Å². The van der Waals surface area contributed by atoms with Crippen molar-refractivity contribution in [3.63, 3.8) is 0 Å². The molecule has 2 amide bonds. The Balaban J connectivity index is 2.11. The number of carbonyl (C=O) groups is 3. The third kappa shape index (κ3) is 6.66. The maximum absolute atomic E-state index is 13.1. The lowest BCUT2D eigenvalue weighted by Crippen LogP contribution is -2.52. The van der Waals surface area contributed by atoms with Gasteiger partial charge >= 0.3 is 5.97 Å². The van der Waals surface area contributed by atoms with Crippen molar-refractivity contribution in [1.82, 2.24) is 10.6 Å². The van der Waals surface area contributed by atoms with Gasteiger partial charge < -0.3 is 15.7 Å². The molecule has 2 aromatic carbocycles. The summed E-state index contributed by atoms with van der Waals surface area (Å²) in [7, 11) is 0. The van der Waals surface area contributed by atoms with E-state index >= 15 is 0 Å². The van der Waals surface area contributed by atoms with E-state index in [0.717, 1.165) is 0 Å². The number of aliphatic carboxylic acids is 1. The molecule has 0 fully saturated rings. The highest BCUT2D eigenvalue weighted by molar-refractivity contribution is 6.30. The minimum absolute atomic E-state index is 0.0571. The maximum atomic E-state index is 13.1. The van der Waals surface area contributed by atoms with E-state index < -0.39 is 35.7 Å². The number of nitrogens with one attached hydrogen (secondary N) is 2. The highest BCUT2D eigenvalue weighted by atomic mass is 35.5. The summed E-state index contributed by atoms with van der Waals surface area (Å²) in [4.78, 5) is 35.7. The number of carboxylic acids is 1. The fourth-order valence-corrected chi connectivity index (χ4v) is 2.77. The van der Waals surface area contributed by atoms with E-state index in [1.807, 2.05) is 0 Å². The number of carboxylic acid groups (broad SMARTS) is 1. The van der Waals surface area contributed by atoms with Gasteiger partial charge in [0.25, 0.3) is 0 Å². The molecule has 0 aliphatic rings. The minimum atomic E-state index is -1.20. The van der Waals surface area contributed by atoms with E-state index in [4.69, 9.17) is 11.6 Å². The van der Waals surface area contributed by atoms with Gasteiger partial charge in [0.2, 0.25) is 11.8 Å². The predicted molar refractivity (Wildman–Crippen MR) is 102 cm³/mol. The van der Waals surface area contributed by atoms with E-state index in [-0.39, 0.29) is 12.8 Å². The van der Waals surface area contributed by atoms with Gasteiger partial charge in [0, 0.05) is 24.8 Å². The second kappa shape index (κ2) is 9.85. The first-order chi connectivity index (χ1) is 13.2. The molecule has 3 N–H and O–H groups in total. The summed E-state index contributed by atoms with van der Waals surface area (Å²) in [6, 6.07) is 9.94. The van der Waals surface area contributed by atoms with E-state index in [2.05, 4.69) is 10.6 Å². The van der Waals surface area contributed by atoms with E-state index in [0.29, 0.717) is 16.1 Å². The Hall–Kier alpha value is -2.93.